The maximum atomic E-state index is 12.2. The molecular formula is C15H24N4O8. The van der Waals surface area contributed by atoms with Crippen molar-refractivity contribution in [2.24, 2.45) is 5.73 Å². The molecule has 1 heterocycles. The highest BCUT2D eigenvalue weighted by atomic mass is 16.6. The second-order valence-electron chi connectivity index (χ2n) is 6.89. The minimum absolute atomic E-state index is 0.387. The van der Waals surface area contributed by atoms with Gasteiger partial charge < -0.3 is 36.3 Å². The minimum Gasteiger partial charge on any atom is -0.480 e. The summed E-state index contributed by atoms with van der Waals surface area (Å²) in [5.41, 5.74) is 4.17. The van der Waals surface area contributed by atoms with Crippen LogP contribution in [0.15, 0.2) is 0 Å². The van der Waals surface area contributed by atoms with Gasteiger partial charge in [-0.15, -0.1) is 0 Å². The summed E-state index contributed by atoms with van der Waals surface area (Å²) in [7, 11) is 0. The van der Waals surface area contributed by atoms with Crippen LogP contribution >= 0.6 is 0 Å². The van der Waals surface area contributed by atoms with E-state index >= 15 is 0 Å². The highest BCUT2D eigenvalue weighted by molar-refractivity contribution is 5.95. The lowest BCUT2D eigenvalue weighted by Gasteiger charge is -2.24. The first-order chi connectivity index (χ1) is 12.3. The van der Waals surface area contributed by atoms with E-state index in [0.717, 1.165) is 0 Å². The highest BCUT2D eigenvalue weighted by Crippen LogP contribution is 2.21. The van der Waals surface area contributed by atoms with Gasteiger partial charge in [-0.05, 0) is 27.7 Å². The molecule has 27 heavy (non-hydrogen) atoms. The minimum atomic E-state index is -1.32. The van der Waals surface area contributed by atoms with Gasteiger partial charge in [-0.1, -0.05) is 0 Å². The second-order valence-corrected chi connectivity index (χ2v) is 6.89. The number of epoxide rings is 1. The fourth-order valence-electron chi connectivity index (χ4n) is 1.87. The molecule has 0 saturated carbocycles. The van der Waals surface area contributed by atoms with Gasteiger partial charge in [-0.25, -0.2) is 4.79 Å². The van der Waals surface area contributed by atoms with E-state index in [0.29, 0.717) is 0 Å². The van der Waals surface area contributed by atoms with Crippen molar-refractivity contribution in [3.8, 4) is 0 Å². The highest BCUT2D eigenvalue weighted by Gasteiger charge is 2.49. The molecule has 0 aromatic carbocycles. The first-order valence-corrected chi connectivity index (χ1v) is 8.07. The Bertz CT molecular complexity index is 630. The number of carbonyl (C=O) groups is 5. The summed E-state index contributed by atoms with van der Waals surface area (Å²) in [5, 5.41) is 15.6. The molecule has 0 aliphatic carbocycles. The largest absolute Gasteiger partial charge is 0.480 e. The number of hydrogen-bond acceptors (Lipinski definition) is 7. The Morgan fingerprint density at radius 2 is 1.74 bits per heavy atom. The van der Waals surface area contributed by atoms with Crippen molar-refractivity contribution in [1.82, 2.24) is 16.0 Å². The van der Waals surface area contributed by atoms with Crippen LogP contribution in [0.4, 0.5) is 4.79 Å². The van der Waals surface area contributed by atoms with Gasteiger partial charge >= 0.3 is 12.1 Å². The predicted octanol–water partition coefficient (Wildman–Crippen LogP) is -2.16. The van der Waals surface area contributed by atoms with Crippen LogP contribution in [0.25, 0.3) is 0 Å². The van der Waals surface area contributed by atoms with E-state index in [-0.39, 0.29) is 6.54 Å². The first kappa shape index (κ1) is 22.2. The van der Waals surface area contributed by atoms with E-state index in [9.17, 15) is 24.0 Å². The summed E-state index contributed by atoms with van der Waals surface area (Å²) in [5.74, 6) is -3.63. The summed E-state index contributed by atoms with van der Waals surface area (Å²) < 4.78 is 9.84. The molecule has 2 unspecified atom stereocenters. The van der Waals surface area contributed by atoms with E-state index in [2.05, 4.69) is 16.0 Å². The van der Waals surface area contributed by atoms with Gasteiger partial charge in [0.05, 0.1) is 0 Å². The Balaban J connectivity index is 2.70. The van der Waals surface area contributed by atoms with Crippen LogP contribution in [0.3, 0.4) is 0 Å². The van der Waals surface area contributed by atoms with E-state index in [1.54, 1.807) is 20.8 Å². The normalized spacial score (nSPS) is 20.6. The van der Waals surface area contributed by atoms with Crippen molar-refractivity contribution >= 4 is 29.8 Å². The molecule has 152 valence electrons. The molecule has 4 atom stereocenters. The molecule has 0 aromatic rings. The molecule has 6 N–H and O–H groups in total. The van der Waals surface area contributed by atoms with Crippen molar-refractivity contribution in [1.29, 1.82) is 0 Å². The number of ether oxygens (including phenoxy) is 2. The summed E-state index contributed by atoms with van der Waals surface area (Å²) >= 11 is 0. The summed E-state index contributed by atoms with van der Waals surface area (Å²) in [6, 6.07) is -2.54. The predicted molar refractivity (Wildman–Crippen MR) is 89.3 cm³/mol. The molecule has 1 aliphatic rings. The number of primary amides is 1. The molecule has 12 heteroatoms. The average Bonchev–Trinajstić information content (AvgIpc) is 3.29. The number of hydrogen-bond donors (Lipinski definition) is 5. The monoisotopic (exact) mass is 388 g/mol. The van der Waals surface area contributed by atoms with E-state index in [1.807, 2.05) is 0 Å². The molecule has 0 bridgehead atoms. The van der Waals surface area contributed by atoms with Crippen molar-refractivity contribution in [3.05, 3.63) is 0 Å². The van der Waals surface area contributed by atoms with Crippen LogP contribution in [0, 0.1) is 0 Å². The molecule has 1 saturated heterocycles. The standard InChI is InChI=1S/C15H24N4O8/c1-6(13(23)24)18-11(21)7(19-14(25)27-15(2,3)4)5-17-12(22)9-8(26-9)10(16)20/h6-9H,5H2,1-4H3,(H2,16,20)(H,17,22)(H,18,21)(H,19,25)(H,23,24)/t6-,7-,8?,9?/m0/s1. The third-order valence-corrected chi connectivity index (χ3v) is 3.25. The van der Waals surface area contributed by atoms with Gasteiger partial charge in [0, 0.05) is 6.54 Å². The lowest BCUT2D eigenvalue weighted by Crippen LogP contribution is -2.56. The van der Waals surface area contributed by atoms with Crippen molar-refractivity contribution in [3.63, 3.8) is 0 Å². The van der Waals surface area contributed by atoms with Crippen molar-refractivity contribution in [2.45, 2.75) is 57.6 Å². The van der Waals surface area contributed by atoms with Gasteiger partial charge in [-0.3, -0.25) is 19.2 Å². The van der Waals surface area contributed by atoms with Gasteiger partial charge in [0.1, 0.15) is 17.7 Å². The zero-order valence-corrected chi connectivity index (χ0v) is 15.4. The molecule has 12 nitrogen and oxygen atoms in total. The Hall–Kier alpha value is -2.89. The van der Waals surface area contributed by atoms with Gasteiger partial charge in [0.15, 0.2) is 12.2 Å². The molecule has 1 rings (SSSR count). The molecule has 0 spiro atoms. The average molecular weight is 388 g/mol. The molecule has 1 fully saturated rings. The summed E-state index contributed by atoms with van der Waals surface area (Å²) in [6.07, 6.45) is -3.04. The van der Waals surface area contributed by atoms with Crippen LogP contribution in [-0.4, -0.2) is 71.3 Å². The van der Waals surface area contributed by atoms with Crippen LogP contribution in [-0.2, 0) is 28.7 Å². The number of carboxylic acid groups (broad SMARTS) is 1. The number of amides is 4. The molecular weight excluding hydrogens is 364 g/mol. The van der Waals surface area contributed by atoms with E-state index < -0.39 is 59.7 Å². The number of nitrogens with two attached hydrogens (primary N) is 1. The Labute approximate surface area is 155 Å². The third-order valence-electron chi connectivity index (χ3n) is 3.25. The number of nitrogens with one attached hydrogen (secondary N) is 3. The summed E-state index contributed by atoms with van der Waals surface area (Å²) in [4.78, 5) is 57.8. The molecule has 4 amide bonds. The second kappa shape index (κ2) is 8.66. The first-order valence-electron chi connectivity index (χ1n) is 8.07. The SMILES string of the molecule is C[C@H](NC(=O)[C@H](CNC(=O)C1OC1C(N)=O)NC(=O)OC(C)(C)C)C(=O)O. The number of carbonyl (C=O) groups excluding carboxylic acids is 4. The zero-order valence-electron chi connectivity index (χ0n) is 15.4. The third kappa shape index (κ3) is 7.48. The molecule has 0 aromatic heterocycles. The van der Waals surface area contributed by atoms with Crippen LogP contribution in [0.2, 0.25) is 0 Å². The van der Waals surface area contributed by atoms with Gasteiger partial charge in [0.25, 0.3) is 5.91 Å². The van der Waals surface area contributed by atoms with Gasteiger partial charge in [-0.2, -0.15) is 0 Å². The lowest BCUT2D eigenvalue weighted by atomic mass is 10.2. The van der Waals surface area contributed by atoms with Crippen LogP contribution in [0.5, 0.6) is 0 Å². The van der Waals surface area contributed by atoms with Gasteiger partial charge in [0.2, 0.25) is 11.8 Å². The summed E-state index contributed by atoms with van der Waals surface area (Å²) in [6.45, 7) is 5.69. The maximum Gasteiger partial charge on any atom is 0.408 e. The van der Waals surface area contributed by atoms with E-state index in [1.165, 1.54) is 6.92 Å². The maximum absolute atomic E-state index is 12.2. The fraction of sp³-hybridized carbons (Fsp3) is 0.667. The Kier molecular flexibility index (Phi) is 7.11. The van der Waals surface area contributed by atoms with Crippen LogP contribution in [0.1, 0.15) is 27.7 Å². The Morgan fingerprint density at radius 1 is 1.15 bits per heavy atom. The zero-order chi connectivity index (χ0) is 20.9. The Morgan fingerprint density at radius 3 is 2.19 bits per heavy atom. The van der Waals surface area contributed by atoms with Crippen molar-refractivity contribution in [2.75, 3.05) is 6.54 Å². The number of aliphatic carboxylic acids is 1. The smallest absolute Gasteiger partial charge is 0.408 e. The quantitative estimate of drug-likeness (QED) is 0.290. The van der Waals surface area contributed by atoms with E-state index in [4.69, 9.17) is 20.3 Å². The number of carboxylic acids is 1. The molecule has 0 radical (unpaired) electrons. The lowest BCUT2D eigenvalue weighted by molar-refractivity contribution is -0.141. The topological polar surface area (TPSA) is 189 Å². The number of rotatable bonds is 8. The molecule has 1 aliphatic heterocycles. The van der Waals surface area contributed by atoms with Crippen LogP contribution < -0.4 is 21.7 Å². The number of alkyl carbamates (subject to hydrolysis) is 1. The fourth-order valence-corrected chi connectivity index (χ4v) is 1.87. The van der Waals surface area contributed by atoms with Crippen molar-refractivity contribution < 1.29 is 38.6 Å².